The van der Waals surface area contributed by atoms with Crippen LogP contribution < -0.4 is 5.32 Å². The Bertz CT molecular complexity index is 352. The molecule has 1 aliphatic heterocycles. The van der Waals surface area contributed by atoms with E-state index in [0.29, 0.717) is 0 Å². The quantitative estimate of drug-likeness (QED) is 0.848. The molecule has 0 aromatic rings. The first-order chi connectivity index (χ1) is 8.24. The third-order valence-electron chi connectivity index (χ3n) is 4.24. The van der Waals surface area contributed by atoms with Gasteiger partial charge >= 0.3 is 6.18 Å². The van der Waals surface area contributed by atoms with Crippen LogP contribution in [0, 0.1) is 5.92 Å². The van der Waals surface area contributed by atoms with Crippen molar-refractivity contribution in [1.29, 1.82) is 0 Å². The number of nitrogens with zero attached hydrogens (tertiary/aromatic N) is 1. The second kappa shape index (κ2) is 4.11. The molecule has 18 heavy (non-hydrogen) atoms. The molecule has 1 saturated heterocycles. The normalized spacial score (nSPS) is 32.8. The van der Waals surface area contributed by atoms with Gasteiger partial charge in [-0.05, 0) is 25.7 Å². The summed E-state index contributed by atoms with van der Waals surface area (Å²) in [5.41, 5.74) is -1.90. The smallest absolute Gasteiger partial charge is 0.311 e. The second-order valence-corrected chi connectivity index (χ2v) is 5.44. The monoisotopic (exact) mass is 264 g/mol. The highest BCUT2D eigenvalue weighted by Gasteiger charge is 2.70. The van der Waals surface area contributed by atoms with Crippen LogP contribution in [0.15, 0.2) is 0 Å². The van der Waals surface area contributed by atoms with Crippen molar-refractivity contribution in [3.8, 4) is 0 Å². The highest BCUT2D eigenvalue weighted by molar-refractivity contribution is 5.86. The first-order valence-electron chi connectivity index (χ1n) is 6.40. The lowest BCUT2D eigenvalue weighted by molar-refractivity contribution is -0.201. The third-order valence-corrected chi connectivity index (χ3v) is 4.24. The van der Waals surface area contributed by atoms with E-state index < -0.39 is 29.8 Å². The SMILES string of the molecule is CCC(C)C1NC(C)N(C2(C(F)(F)F)CC2)C1=O. The molecular weight excluding hydrogens is 245 g/mol. The maximum atomic E-state index is 13.1. The van der Waals surface area contributed by atoms with Gasteiger partial charge in [0.05, 0.1) is 12.2 Å². The number of hydrogen-bond acceptors (Lipinski definition) is 2. The van der Waals surface area contributed by atoms with Gasteiger partial charge in [0.1, 0.15) is 5.54 Å². The lowest BCUT2D eigenvalue weighted by atomic mass is 9.99. The molecule has 2 rings (SSSR count). The Morgan fingerprint density at radius 1 is 1.50 bits per heavy atom. The van der Waals surface area contributed by atoms with Crippen LogP contribution in [0.25, 0.3) is 0 Å². The zero-order valence-electron chi connectivity index (χ0n) is 10.8. The van der Waals surface area contributed by atoms with Crippen LogP contribution in [-0.2, 0) is 4.79 Å². The first-order valence-corrected chi connectivity index (χ1v) is 6.40. The van der Waals surface area contributed by atoms with Gasteiger partial charge in [0.25, 0.3) is 0 Å². The average Bonchev–Trinajstić information content (AvgIpc) is 3.00. The molecule has 3 atom stereocenters. The van der Waals surface area contributed by atoms with Crippen molar-refractivity contribution in [2.45, 2.75) is 64.0 Å². The molecule has 1 saturated carbocycles. The van der Waals surface area contributed by atoms with Gasteiger partial charge in [-0.25, -0.2) is 0 Å². The van der Waals surface area contributed by atoms with Gasteiger partial charge in [-0.2, -0.15) is 13.2 Å². The molecule has 3 nitrogen and oxygen atoms in total. The number of alkyl halides is 3. The van der Waals surface area contributed by atoms with Gasteiger partial charge in [-0.1, -0.05) is 20.3 Å². The molecule has 0 radical (unpaired) electrons. The van der Waals surface area contributed by atoms with Crippen LogP contribution in [0.4, 0.5) is 13.2 Å². The van der Waals surface area contributed by atoms with Crippen LogP contribution in [0.3, 0.4) is 0 Å². The summed E-state index contributed by atoms with van der Waals surface area (Å²) < 4.78 is 39.2. The van der Waals surface area contributed by atoms with Gasteiger partial charge in [-0.15, -0.1) is 0 Å². The minimum atomic E-state index is -4.33. The average molecular weight is 264 g/mol. The van der Waals surface area contributed by atoms with Gasteiger partial charge in [0.2, 0.25) is 5.91 Å². The summed E-state index contributed by atoms with van der Waals surface area (Å²) in [6.45, 7) is 5.45. The van der Waals surface area contributed by atoms with Crippen molar-refractivity contribution in [3.63, 3.8) is 0 Å². The fourth-order valence-corrected chi connectivity index (χ4v) is 2.75. The molecule has 0 aromatic heterocycles. The van der Waals surface area contributed by atoms with Gasteiger partial charge in [-0.3, -0.25) is 10.1 Å². The predicted octanol–water partition coefficient (Wildman–Crippen LogP) is 2.27. The second-order valence-electron chi connectivity index (χ2n) is 5.44. The fourth-order valence-electron chi connectivity index (χ4n) is 2.75. The van der Waals surface area contributed by atoms with E-state index in [-0.39, 0.29) is 18.8 Å². The molecule has 104 valence electrons. The lowest BCUT2D eigenvalue weighted by Gasteiger charge is -2.33. The van der Waals surface area contributed by atoms with Crippen LogP contribution in [0.5, 0.6) is 0 Å². The lowest BCUT2D eigenvalue weighted by Crippen LogP contribution is -2.53. The molecule has 3 unspecified atom stereocenters. The minimum Gasteiger partial charge on any atom is -0.311 e. The Hall–Kier alpha value is -0.780. The molecule has 2 fully saturated rings. The fraction of sp³-hybridized carbons (Fsp3) is 0.917. The summed E-state index contributed by atoms with van der Waals surface area (Å²) in [5.74, 6) is -0.347. The summed E-state index contributed by atoms with van der Waals surface area (Å²) in [4.78, 5) is 13.2. The van der Waals surface area contributed by atoms with E-state index in [4.69, 9.17) is 0 Å². The van der Waals surface area contributed by atoms with E-state index >= 15 is 0 Å². The summed E-state index contributed by atoms with van der Waals surface area (Å²) in [6, 6.07) is -0.482. The highest BCUT2D eigenvalue weighted by atomic mass is 19.4. The zero-order chi connectivity index (χ0) is 13.7. The molecule has 1 N–H and O–H groups in total. The van der Waals surface area contributed by atoms with E-state index in [9.17, 15) is 18.0 Å². The maximum Gasteiger partial charge on any atom is 0.411 e. The number of rotatable bonds is 3. The molecule has 1 heterocycles. The summed E-state index contributed by atoms with van der Waals surface area (Å²) in [7, 11) is 0. The molecular formula is C12H19F3N2O. The van der Waals surface area contributed by atoms with Crippen LogP contribution in [0.2, 0.25) is 0 Å². The van der Waals surface area contributed by atoms with Crippen LogP contribution in [0.1, 0.15) is 40.0 Å². The van der Waals surface area contributed by atoms with Crippen molar-refractivity contribution in [3.05, 3.63) is 0 Å². The van der Waals surface area contributed by atoms with Crippen LogP contribution >= 0.6 is 0 Å². The van der Waals surface area contributed by atoms with Crippen molar-refractivity contribution >= 4 is 5.91 Å². The number of halogens is 3. The van der Waals surface area contributed by atoms with E-state index in [2.05, 4.69) is 5.32 Å². The number of hydrogen-bond donors (Lipinski definition) is 1. The van der Waals surface area contributed by atoms with Gasteiger partial charge in [0.15, 0.2) is 0 Å². The molecule has 1 aliphatic carbocycles. The minimum absolute atomic E-state index is 0.0293. The summed E-state index contributed by atoms with van der Waals surface area (Å²) in [5, 5.41) is 3.00. The van der Waals surface area contributed by atoms with Crippen molar-refractivity contribution in [2.24, 2.45) is 5.92 Å². The Balaban J connectivity index is 2.23. The predicted molar refractivity (Wildman–Crippen MR) is 60.7 cm³/mol. The molecule has 0 aromatic carbocycles. The number of amides is 1. The Morgan fingerprint density at radius 3 is 2.44 bits per heavy atom. The Labute approximate surface area is 105 Å². The maximum absolute atomic E-state index is 13.1. The largest absolute Gasteiger partial charge is 0.411 e. The number of carbonyl (C=O) groups excluding carboxylic acids is 1. The van der Waals surface area contributed by atoms with Crippen molar-refractivity contribution in [1.82, 2.24) is 10.2 Å². The van der Waals surface area contributed by atoms with E-state index in [1.54, 1.807) is 6.92 Å². The first kappa shape index (κ1) is 13.6. The van der Waals surface area contributed by atoms with E-state index in [1.807, 2.05) is 13.8 Å². The molecule has 6 heteroatoms. The number of nitrogens with one attached hydrogen (secondary N) is 1. The Morgan fingerprint density at radius 2 is 2.06 bits per heavy atom. The molecule has 1 amide bonds. The van der Waals surface area contributed by atoms with Crippen molar-refractivity contribution in [2.75, 3.05) is 0 Å². The number of carbonyl (C=O) groups is 1. The Kier molecular flexibility index (Phi) is 3.12. The molecule has 0 spiro atoms. The van der Waals surface area contributed by atoms with E-state index in [1.165, 1.54) is 0 Å². The summed E-state index contributed by atoms with van der Waals surface area (Å²) >= 11 is 0. The topological polar surface area (TPSA) is 32.3 Å². The standard InChI is InChI=1S/C12H19F3N2O/c1-4-7(2)9-10(18)17(8(3)16-9)11(5-6-11)12(13,14)15/h7-9,16H,4-6H2,1-3H3. The van der Waals surface area contributed by atoms with Gasteiger partial charge in [0, 0.05) is 0 Å². The molecule has 2 aliphatic rings. The van der Waals surface area contributed by atoms with Crippen LogP contribution in [-0.4, -0.2) is 34.7 Å². The third kappa shape index (κ3) is 1.81. The molecule has 0 bridgehead atoms. The van der Waals surface area contributed by atoms with E-state index in [0.717, 1.165) is 11.3 Å². The zero-order valence-corrected chi connectivity index (χ0v) is 10.8. The highest BCUT2D eigenvalue weighted by Crippen LogP contribution is 2.55. The summed E-state index contributed by atoms with van der Waals surface area (Å²) in [6.07, 6.45) is -4.05. The van der Waals surface area contributed by atoms with Gasteiger partial charge < -0.3 is 4.90 Å². The van der Waals surface area contributed by atoms with Crippen molar-refractivity contribution < 1.29 is 18.0 Å².